The van der Waals surface area contributed by atoms with Crippen LogP contribution in [0, 0.1) is 17.0 Å². The average molecular weight is 288 g/mol. The molecule has 0 radical (unpaired) electrons. The Balaban J connectivity index is 2.29. The lowest BCUT2D eigenvalue weighted by Crippen LogP contribution is -2.08. The molecule has 6 heteroatoms. The standard InChI is InChI=1S/C15H16N2O4/c1-9-13(4-3-5-14(9)17(20)21)16-10(2)12-7-6-11(18)8-15(12)19/h3-8,10,16,18-19H,1-2H3. The van der Waals surface area contributed by atoms with Crippen LogP contribution in [-0.2, 0) is 0 Å². The summed E-state index contributed by atoms with van der Waals surface area (Å²) in [5.74, 6) is -0.0481. The van der Waals surface area contributed by atoms with Gasteiger partial charge in [-0.3, -0.25) is 10.1 Å². The van der Waals surface area contributed by atoms with Gasteiger partial charge in [-0.25, -0.2) is 0 Å². The molecule has 0 heterocycles. The zero-order valence-electron chi connectivity index (χ0n) is 11.7. The first-order valence-electron chi connectivity index (χ1n) is 6.42. The highest BCUT2D eigenvalue weighted by Crippen LogP contribution is 2.32. The van der Waals surface area contributed by atoms with Crippen LogP contribution < -0.4 is 5.32 Å². The van der Waals surface area contributed by atoms with Gasteiger partial charge >= 0.3 is 0 Å². The van der Waals surface area contributed by atoms with Crippen molar-refractivity contribution in [3.8, 4) is 11.5 Å². The summed E-state index contributed by atoms with van der Waals surface area (Å²) in [4.78, 5) is 10.5. The monoisotopic (exact) mass is 288 g/mol. The molecule has 110 valence electrons. The summed E-state index contributed by atoms with van der Waals surface area (Å²) in [6, 6.07) is 8.87. The molecule has 3 N–H and O–H groups in total. The van der Waals surface area contributed by atoms with Crippen molar-refractivity contribution in [1.29, 1.82) is 0 Å². The maximum Gasteiger partial charge on any atom is 0.274 e. The Morgan fingerprint density at radius 2 is 1.95 bits per heavy atom. The van der Waals surface area contributed by atoms with E-state index >= 15 is 0 Å². The Bertz CT molecular complexity index is 685. The Morgan fingerprint density at radius 1 is 1.24 bits per heavy atom. The Labute approximate surface area is 121 Å². The van der Waals surface area contributed by atoms with Gasteiger partial charge in [-0.1, -0.05) is 6.07 Å². The van der Waals surface area contributed by atoms with E-state index in [-0.39, 0.29) is 23.2 Å². The molecule has 0 aliphatic heterocycles. The van der Waals surface area contributed by atoms with E-state index < -0.39 is 4.92 Å². The number of nitrogens with one attached hydrogen (secondary N) is 1. The van der Waals surface area contributed by atoms with E-state index in [9.17, 15) is 20.3 Å². The third kappa shape index (κ3) is 3.05. The maximum atomic E-state index is 10.9. The summed E-state index contributed by atoms with van der Waals surface area (Å²) in [5.41, 5.74) is 1.80. The number of nitro benzene ring substituents is 1. The molecular formula is C15H16N2O4. The van der Waals surface area contributed by atoms with Crippen LogP contribution in [0.25, 0.3) is 0 Å². The second kappa shape index (κ2) is 5.70. The Kier molecular flexibility index (Phi) is 3.98. The predicted molar refractivity (Wildman–Crippen MR) is 79.6 cm³/mol. The molecule has 1 atom stereocenters. The van der Waals surface area contributed by atoms with Gasteiger partial charge in [0.05, 0.1) is 11.0 Å². The first-order chi connectivity index (χ1) is 9.90. The minimum Gasteiger partial charge on any atom is -0.508 e. The van der Waals surface area contributed by atoms with Crippen LogP contribution >= 0.6 is 0 Å². The van der Waals surface area contributed by atoms with E-state index in [2.05, 4.69) is 5.32 Å². The molecule has 0 saturated carbocycles. The molecule has 0 saturated heterocycles. The predicted octanol–water partition coefficient (Wildman–Crippen LogP) is 3.49. The maximum absolute atomic E-state index is 10.9. The van der Waals surface area contributed by atoms with Crippen molar-refractivity contribution in [2.45, 2.75) is 19.9 Å². The third-order valence-corrected chi connectivity index (χ3v) is 3.35. The Morgan fingerprint density at radius 3 is 2.57 bits per heavy atom. The summed E-state index contributed by atoms with van der Waals surface area (Å²) in [6.45, 7) is 3.49. The second-order valence-corrected chi connectivity index (χ2v) is 4.82. The lowest BCUT2D eigenvalue weighted by atomic mass is 10.1. The summed E-state index contributed by atoms with van der Waals surface area (Å²) < 4.78 is 0. The van der Waals surface area contributed by atoms with Crippen molar-refractivity contribution in [3.05, 3.63) is 57.6 Å². The highest BCUT2D eigenvalue weighted by atomic mass is 16.6. The molecular weight excluding hydrogens is 272 g/mol. The van der Waals surface area contributed by atoms with Gasteiger partial charge in [0.25, 0.3) is 5.69 Å². The van der Waals surface area contributed by atoms with Gasteiger partial charge in [0.15, 0.2) is 0 Å². The number of phenolic OH excluding ortho intramolecular Hbond substituents is 2. The van der Waals surface area contributed by atoms with E-state index in [1.54, 1.807) is 25.1 Å². The van der Waals surface area contributed by atoms with Crippen molar-refractivity contribution >= 4 is 11.4 Å². The SMILES string of the molecule is Cc1c(NC(C)c2ccc(O)cc2O)cccc1[N+](=O)[O-]. The first kappa shape index (κ1) is 14.6. The van der Waals surface area contributed by atoms with Crippen LogP contribution in [0.1, 0.15) is 24.1 Å². The zero-order valence-corrected chi connectivity index (χ0v) is 11.7. The number of hydrogen-bond acceptors (Lipinski definition) is 5. The normalized spacial score (nSPS) is 11.9. The van der Waals surface area contributed by atoms with Crippen LogP contribution in [0.4, 0.5) is 11.4 Å². The van der Waals surface area contributed by atoms with Gasteiger partial charge in [0.2, 0.25) is 0 Å². The number of benzene rings is 2. The lowest BCUT2D eigenvalue weighted by Gasteiger charge is -2.18. The van der Waals surface area contributed by atoms with Gasteiger partial charge in [-0.05, 0) is 32.0 Å². The topological polar surface area (TPSA) is 95.6 Å². The first-order valence-corrected chi connectivity index (χ1v) is 6.42. The van der Waals surface area contributed by atoms with Crippen LogP contribution in [0.15, 0.2) is 36.4 Å². The van der Waals surface area contributed by atoms with E-state index in [1.807, 2.05) is 6.92 Å². The number of phenols is 2. The van der Waals surface area contributed by atoms with Crippen LogP contribution in [0.2, 0.25) is 0 Å². The molecule has 1 unspecified atom stereocenters. The number of anilines is 1. The average Bonchev–Trinajstić information content (AvgIpc) is 2.40. The fourth-order valence-corrected chi connectivity index (χ4v) is 2.19. The van der Waals surface area contributed by atoms with Gasteiger partial charge in [0.1, 0.15) is 11.5 Å². The summed E-state index contributed by atoms with van der Waals surface area (Å²) >= 11 is 0. The molecule has 0 spiro atoms. The number of aromatic hydroxyl groups is 2. The van der Waals surface area contributed by atoms with E-state index in [4.69, 9.17) is 0 Å². The minimum absolute atomic E-state index is 0.0185. The molecule has 0 aliphatic rings. The summed E-state index contributed by atoms with van der Waals surface area (Å²) in [7, 11) is 0. The van der Waals surface area contributed by atoms with Crippen molar-refractivity contribution in [2.75, 3.05) is 5.32 Å². The van der Waals surface area contributed by atoms with E-state index in [1.165, 1.54) is 18.2 Å². The number of nitro groups is 1. The zero-order chi connectivity index (χ0) is 15.6. The van der Waals surface area contributed by atoms with E-state index in [0.717, 1.165) is 0 Å². The molecule has 0 aliphatic carbocycles. The molecule has 6 nitrogen and oxygen atoms in total. The fourth-order valence-electron chi connectivity index (χ4n) is 2.19. The number of nitrogens with zero attached hydrogens (tertiary/aromatic N) is 1. The van der Waals surface area contributed by atoms with Gasteiger partial charge in [-0.15, -0.1) is 0 Å². The summed E-state index contributed by atoms with van der Waals surface area (Å²) in [5, 5.41) is 33.2. The van der Waals surface area contributed by atoms with Crippen molar-refractivity contribution in [1.82, 2.24) is 0 Å². The number of rotatable bonds is 4. The van der Waals surface area contributed by atoms with Gasteiger partial charge < -0.3 is 15.5 Å². The minimum atomic E-state index is -0.427. The number of hydrogen-bond donors (Lipinski definition) is 3. The molecule has 2 aromatic carbocycles. The molecule has 2 aromatic rings. The Hall–Kier alpha value is -2.76. The molecule has 21 heavy (non-hydrogen) atoms. The molecule has 0 bridgehead atoms. The second-order valence-electron chi connectivity index (χ2n) is 4.82. The van der Waals surface area contributed by atoms with Gasteiger partial charge in [0, 0.05) is 28.9 Å². The molecule has 0 fully saturated rings. The third-order valence-electron chi connectivity index (χ3n) is 3.35. The van der Waals surface area contributed by atoms with Crippen LogP contribution in [-0.4, -0.2) is 15.1 Å². The highest BCUT2D eigenvalue weighted by Gasteiger charge is 2.16. The molecule has 2 rings (SSSR count). The molecule has 0 aromatic heterocycles. The molecule has 0 amide bonds. The van der Waals surface area contributed by atoms with Crippen molar-refractivity contribution < 1.29 is 15.1 Å². The smallest absolute Gasteiger partial charge is 0.274 e. The van der Waals surface area contributed by atoms with Crippen LogP contribution in [0.5, 0.6) is 11.5 Å². The van der Waals surface area contributed by atoms with Crippen LogP contribution in [0.3, 0.4) is 0 Å². The highest BCUT2D eigenvalue weighted by molar-refractivity contribution is 5.61. The summed E-state index contributed by atoms with van der Waals surface area (Å²) in [6.07, 6.45) is 0. The largest absolute Gasteiger partial charge is 0.508 e. The van der Waals surface area contributed by atoms with E-state index in [0.29, 0.717) is 16.8 Å². The van der Waals surface area contributed by atoms with Gasteiger partial charge in [-0.2, -0.15) is 0 Å². The van der Waals surface area contributed by atoms with Crippen molar-refractivity contribution in [3.63, 3.8) is 0 Å². The van der Waals surface area contributed by atoms with Crippen molar-refractivity contribution in [2.24, 2.45) is 0 Å². The quantitative estimate of drug-likeness (QED) is 0.591. The fraction of sp³-hybridized carbons (Fsp3) is 0.200. The lowest BCUT2D eigenvalue weighted by molar-refractivity contribution is -0.385.